The maximum absolute atomic E-state index is 7.83. The number of rotatable bonds is 1. The molecule has 2 heteroatoms. The van der Waals surface area contributed by atoms with Gasteiger partial charge in [0, 0.05) is 0 Å². The van der Waals surface area contributed by atoms with Gasteiger partial charge in [-0.05, 0) is 6.08 Å². The molecule has 0 atom stereocenters. The molecule has 36 valence electrons. The summed E-state index contributed by atoms with van der Waals surface area (Å²) in [7, 11) is 0. The Hall–Kier alpha value is -0.810. The average molecular weight is 109 g/mol. The zero-order chi connectivity index (χ0) is 5.54. The van der Waals surface area contributed by atoms with Crippen molar-refractivity contribution in [2.24, 2.45) is 0 Å². The second kappa shape index (κ2) is 5.19. The molecule has 0 spiro atoms. The molecule has 0 aromatic carbocycles. The van der Waals surface area contributed by atoms with Crippen LogP contribution in [0.25, 0.3) is 5.41 Å². The molecule has 7 heavy (non-hydrogen) atoms. The van der Waals surface area contributed by atoms with Crippen molar-refractivity contribution in [3.8, 4) is 0 Å². The summed E-state index contributed by atoms with van der Waals surface area (Å²) >= 11 is 4.40. The van der Waals surface area contributed by atoms with E-state index >= 15 is 0 Å². The third-order valence-electron chi connectivity index (χ3n) is 0.323. The fourth-order valence-corrected chi connectivity index (χ4v) is 0.203. The summed E-state index contributed by atoms with van der Waals surface area (Å²) < 4.78 is 0. The van der Waals surface area contributed by atoms with Crippen LogP contribution in [0.3, 0.4) is 0 Å². The van der Waals surface area contributed by atoms with Crippen molar-refractivity contribution in [2.75, 3.05) is 0 Å². The largest absolute Gasteiger partial charge is 0.787 e. The van der Waals surface area contributed by atoms with Crippen molar-refractivity contribution >= 4 is 18.5 Å². The average Bonchev–Trinajstić information content (AvgIpc) is 1.69. The lowest BCUT2D eigenvalue weighted by molar-refractivity contribution is 2.10. The lowest BCUT2D eigenvalue weighted by Gasteiger charge is -1.77. The van der Waals surface area contributed by atoms with Crippen LogP contribution in [0.4, 0.5) is 0 Å². The molecule has 0 N–H and O–H groups in total. The van der Waals surface area contributed by atoms with Crippen molar-refractivity contribution in [3.63, 3.8) is 0 Å². The molecule has 0 aliphatic rings. The highest BCUT2D eigenvalue weighted by atomic mass is 32.1. The quantitative estimate of drug-likeness (QED) is 0.213. The third-order valence-corrected chi connectivity index (χ3v) is 0.480. The van der Waals surface area contributed by atoms with Gasteiger partial charge >= 0.3 is 0 Å². The maximum Gasteiger partial charge on any atom is -0.0154 e. The lowest BCUT2D eigenvalue weighted by atomic mass is 10.6. The van der Waals surface area contributed by atoms with Crippen molar-refractivity contribution in [1.29, 1.82) is 0 Å². The first-order chi connectivity index (χ1) is 3.41. The van der Waals surface area contributed by atoms with Gasteiger partial charge in [-0.15, -0.1) is 0 Å². The van der Waals surface area contributed by atoms with E-state index in [1.54, 1.807) is 11.9 Å². The summed E-state index contributed by atoms with van der Waals surface area (Å²) in [5, 5.41) is 9.25. The Morgan fingerprint density at radius 1 is 1.57 bits per heavy atom. The van der Waals surface area contributed by atoms with Crippen molar-refractivity contribution in [1.82, 2.24) is 0 Å². The smallest absolute Gasteiger partial charge is 0.0154 e. The van der Waals surface area contributed by atoms with Crippen LogP contribution in [0, 0.1) is 0 Å². The summed E-state index contributed by atoms with van der Waals surface area (Å²) in [6.45, 7) is 0. The minimum atomic E-state index is 1.42. The van der Waals surface area contributed by atoms with Crippen LogP contribution in [0.15, 0.2) is 23.3 Å². The van der Waals surface area contributed by atoms with Crippen molar-refractivity contribution in [2.45, 2.75) is 0 Å². The van der Waals surface area contributed by atoms with E-state index in [0.29, 0.717) is 0 Å². The van der Waals surface area contributed by atoms with Gasteiger partial charge in [0.2, 0.25) is 0 Å². The predicted octanol–water partition coefficient (Wildman–Crippen LogP) is 0.997. The molecule has 0 rings (SSSR count). The van der Waals surface area contributed by atoms with E-state index in [2.05, 4.69) is 18.4 Å². The number of hydrogen-bond acceptors (Lipinski definition) is 1. The van der Waals surface area contributed by atoms with Crippen LogP contribution < -0.4 is 0 Å². The van der Waals surface area contributed by atoms with E-state index < -0.39 is 0 Å². The van der Waals surface area contributed by atoms with E-state index in [1.165, 1.54) is 11.5 Å². The molecule has 0 amide bonds. The Balaban J connectivity index is 3.71. The molecular formula is C5H3NS-2. The number of nitrogens with zero attached hydrogens (tertiary/aromatic N) is 1. The molecule has 0 saturated carbocycles. The van der Waals surface area contributed by atoms with Crippen LogP contribution in [0.2, 0.25) is 0 Å². The maximum atomic E-state index is 7.83. The summed E-state index contributed by atoms with van der Waals surface area (Å²) in [5.41, 5.74) is 2.28. The highest BCUT2D eigenvalue weighted by molar-refractivity contribution is 7.62. The first-order valence-corrected chi connectivity index (χ1v) is 2.14. The summed E-state index contributed by atoms with van der Waals surface area (Å²) in [5.74, 6) is 1.70. The zero-order valence-electron chi connectivity index (χ0n) is 3.59. The highest BCUT2D eigenvalue weighted by Crippen LogP contribution is 1.65. The molecular weight excluding hydrogens is 106 g/mol. The molecule has 0 heterocycles. The van der Waals surface area contributed by atoms with Gasteiger partial charge in [-0.2, -0.15) is 0 Å². The van der Waals surface area contributed by atoms with Gasteiger partial charge < -0.3 is 18.0 Å². The minimum absolute atomic E-state index is 1.42. The van der Waals surface area contributed by atoms with Gasteiger partial charge in [0.25, 0.3) is 0 Å². The van der Waals surface area contributed by atoms with Gasteiger partial charge in [0.1, 0.15) is 0 Å². The normalized spacial score (nSPS) is 7.43. The predicted molar refractivity (Wildman–Crippen MR) is 33.0 cm³/mol. The molecule has 0 saturated heterocycles. The molecule has 0 aliphatic heterocycles. The minimum Gasteiger partial charge on any atom is -0.787 e. The molecule has 0 aliphatic carbocycles. The summed E-state index contributed by atoms with van der Waals surface area (Å²) in [6.07, 6.45) is 3.03. The number of hydrogen-bond donors (Lipinski definition) is 0. The second-order valence-corrected chi connectivity index (χ2v) is 1.02. The van der Waals surface area contributed by atoms with Crippen LogP contribution in [0.5, 0.6) is 0 Å². The van der Waals surface area contributed by atoms with Crippen molar-refractivity contribution < 1.29 is 0 Å². The van der Waals surface area contributed by atoms with Gasteiger partial charge in [-0.3, -0.25) is 0 Å². The van der Waals surface area contributed by atoms with Gasteiger partial charge in [0.15, 0.2) is 0 Å². The Bertz CT molecular complexity index is 136. The Morgan fingerprint density at radius 3 is 2.71 bits per heavy atom. The molecule has 0 unspecified atom stereocenters. The van der Waals surface area contributed by atoms with Crippen LogP contribution in [-0.2, 0) is 12.6 Å². The first-order valence-electron chi connectivity index (χ1n) is 1.66. The topological polar surface area (TPSA) is 22.3 Å². The van der Waals surface area contributed by atoms with Crippen LogP contribution >= 0.6 is 0 Å². The van der Waals surface area contributed by atoms with Gasteiger partial charge in [0.05, 0.1) is 0 Å². The standard InChI is InChI=1S/C5H4NS/c6-4-2-1-3-5-7/h1,3,5,7H/q-1/p-1/b5-3+. The molecule has 1 nitrogen and oxygen atoms in total. The monoisotopic (exact) mass is 109 g/mol. The van der Waals surface area contributed by atoms with E-state index in [9.17, 15) is 0 Å². The first kappa shape index (κ1) is 6.19. The Kier molecular flexibility index (Phi) is 4.59. The molecule has 0 aromatic rings. The SMILES string of the molecule is [N-]=C=C=C/C=C/[S-]. The van der Waals surface area contributed by atoms with Crippen molar-refractivity contribution in [3.05, 3.63) is 28.7 Å². The van der Waals surface area contributed by atoms with E-state index in [0.717, 1.165) is 0 Å². The lowest BCUT2D eigenvalue weighted by Crippen LogP contribution is -1.40. The van der Waals surface area contributed by atoms with Gasteiger partial charge in [-0.25, -0.2) is 11.3 Å². The van der Waals surface area contributed by atoms with Crippen LogP contribution in [0.1, 0.15) is 0 Å². The fraction of sp³-hybridized carbons (Fsp3) is 0. The van der Waals surface area contributed by atoms with E-state index in [4.69, 9.17) is 5.41 Å². The van der Waals surface area contributed by atoms with E-state index in [1.807, 2.05) is 0 Å². The molecule has 0 bridgehead atoms. The van der Waals surface area contributed by atoms with Crippen LogP contribution in [-0.4, -0.2) is 5.87 Å². The summed E-state index contributed by atoms with van der Waals surface area (Å²) in [4.78, 5) is 0. The highest BCUT2D eigenvalue weighted by Gasteiger charge is 1.40. The zero-order valence-corrected chi connectivity index (χ0v) is 4.40. The van der Waals surface area contributed by atoms with E-state index in [-0.39, 0.29) is 0 Å². The summed E-state index contributed by atoms with van der Waals surface area (Å²) in [6, 6.07) is 0. The second-order valence-electron chi connectivity index (χ2n) is 0.751. The fourth-order valence-electron chi connectivity index (χ4n) is 0.125. The molecule has 0 fully saturated rings. The Labute approximate surface area is 48.0 Å². The number of allylic oxidation sites excluding steroid dienone is 2. The molecule has 0 radical (unpaired) electrons. The molecule has 0 aromatic heterocycles. The Morgan fingerprint density at radius 2 is 2.29 bits per heavy atom. The third kappa shape index (κ3) is 5.19. The van der Waals surface area contributed by atoms with Gasteiger partial charge in [-0.1, -0.05) is 11.8 Å².